The van der Waals surface area contributed by atoms with Crippen molar-refractivity contribution in [2.24, 2.45) is 5.41 Å². The van der Waals surface area contributed by atoms with E-state index in [0.29, 0.717) is 13.1 Å². The molecule has 7 heteroatoms. The van der Waals surface area contributed by atoms with Crippen molar-refractivity contribution >= 4 is 17.9 Å². The van der Waals surface area contributed by atoms with Crippen LogP contribution in [0.3, 0.4) is 0 Å². The number of piperazine rings is 1. The second-order valence-electron chi connectivity index (χ2n) is 6.55. The summed E-state index contributed by atoms with van der Waals surface area (Å²) in [6, 6.07) is -1.55. The van der Waals surface area contributed by atoms with Gasteiger partial charge in [-0.25, -0.2) is 9.59 Å². The average Bonchev–Trinajstić information content (AvgIpc) is 2.27. The number of carbonyl (C=O) groups is 3. The average molecular weight is 285 g/mol. The van der Waals surface area contributed by atoms with Crippen molar-refractivity contribution in [3.8, 4) is 0 Å². The number of rotatable bonds is 2. The van der Waals surface area contributed by atoms with Crippen LogP contribution in [-0.4, -0.2) is 52.6 Å². The molecule has 0 aromatic rings. The first-order valence-corrected chi connectivity index (χ1v) is 6.57. The van der Waals surface area contributed by atoms with Gasteiger partial charge in [-0.2, -0.15) is 0 Å². The summed E-state index contributed by atoms with van der Waals surface area (Å²) in [4.78, 5) is 36.7. The van der Waals surface area contributed by atoms with Crippen molar-refractivity contribution in [2.75, 3.05) is 13.1 Å². The van der Waals surface area contributed by atoms with Gasteiger partial charge in [-0.05, 0) is 19.3 Å². The van der Waals surface area contributed by atoms with Crippen LogP contribution in [0.15, 0.2) is 0 Å². The van der Waals surface area contributed by atoms with Crippen molar-refractivity contribution in [1.29, 1.82) is 0 Å². The highest BCUT2D eigenvalue weighted by Crippen LogP contribution is 2.22. The predicted octanol–water partition coefficient (Wildman–Crippen LogP) is 0.406. The summed E-state index contributed by atoms with van der Waals surface area (Å²) in [5, 5.41) is 14.4. The number of nitrogens with zero attached hydrogens (tertiary/aromatic N) is 1. The van der Waals surface area contributed by atoms with Crippen molar-refractivity contribution < 1.29 is 19.5 Å². The fourth-order valence-electron chi connectivity index (χ4n) is 2.11. The third kappa shape index (κ3) is 3.20. The quantitative estimate of drug-likeness (QED) is 0.684. The van der Waals surface area contributed by atoms with Crippen LogP contribution in [0.5, 0.6) is 0 Å². The molecule has 0 unspecified atom stereocenters. The summed E-state index contributed by atoms with van der Waals surface area (Å²) < 4.78 is 0. The van der Waals surface area contributed by atoms with Gasteiger partial charge in [0.25, 0.3) is 0 Å². The molecule has 1 atom stereocenters. The predicted molar refractivity (Wildman–Crippen MR) is 73.2 cm³/mol. The molecule has 0 aromatic carbocycles. The number of carboxylic acid groups (broad SMARTS) is 1. The van der Waals surface area contributed by atoms with Gasteiger partial charge in [-0.15, -0.1) is 0 Å². The number of amides is 3. The van der Waals surface area contributed by atoms with Crippen molar-refractivity contribution in [3.63, 3.8) is 0 Å². The van der Waals surface area contributed by atoms with Gasteiger partial charge in [-0.3, -0.25) is 4.79 Å². The maximum absolute atomic E-state index is 12.3. The lowest BCUT2D eigenvalue weighted by Gasteiger charge is -2.42. The molecule has 1 fully saturated rings. The maximum atomic E-state index is 12.3. The zero-order chi connectivity index (χ0) is 15.7. The van der Waals surface area contributed by atoms with Gasteiger partial charge >= 0.3 is 12.0 Å². The highest BCUT2D eigenvalue weighted by atomic mass is 16.4. The van der Waals surface area contributed by atoms with Crippen LogP contribution >= 0.6 is 0 Å². The third-order valence-corrected chi connectivity index (χ3v) is 3.48. The lowest BCUT2D eigenvalue weighted by Crippen LogP contribution is -2.66. The Balaban J connectivity index is 2.89. The van der Waals surface area contributed by atoms with Gasteiger partial charge < -0.3 is 20.6 Å². The zero-order valence-electron chi connectivity index (χ0n) is 12.6. The summed E-state index contributed by atoms with van der Waals surface area (Å²) in [7, 11) is 0. The molecule has 0 saturated carbocycles. The number of nitrogens with one attached hydrogen (secondary N) is 2. The van der Waals surface area contributed by atoms with E-state index < -0.39 is 29.0 Å². The minimum Gasteiger partial charge on any atom is -0.480 e. The van der Waals surface area contributed by atoms with Crippen LogP contribution in [0.4, 0.5) is 4.79 Å². The number of urea groups is 1. The van der Waals surface area contributed by atoms with Crippen LogP contribution in [0.1, 0.15) is 34.6 Å². The van der Waals surface area contributed by atoms with E-state index in [1.54, 1.807) is 34.6 Å². The van der Waals surface area contributed by atoms with E-state index >= 15 is 0 Å². The Labute approximate surface area is 118 Å². The first-order chi connectivity index (χ1) is 8.98. The minimum atomic E-state index is -1.09. The maximum Gasteiger partial charge on any atom is 0.326 e. The third-order valence-electron chi connectivity index (χ3n) is 3.48. The van der Waals surface area contributed by atoms with E-state index in [4.69, 9.17) is 0 Å². The summed E-state index contributed by atoms with van der Waals surface area (Å²) in [6.45, 7) is 9.19. The lowest BCUT2D eigenvalue weighted by atomic mass is 9.87. The second kappa shape index (κ2) is 5.30. The Kier molecular flexibility index (Phi) is 4.31. The number of aliphatic carboxylic acids is 1. The largest absolute Gasteiger partial charge is 0.480 e. The molecule has 7 nitrogen and oxygen atoms in total. The molecule has 3 N–H and O–H groups in total. The first-order valence-electron chi connectivity index (χ1n) is 6.57. The molecule has 1 aliphatic rings. The topological polar surface area (TPSA) is 98.7 Å². The standard InChI is InChI=1S/C13H23N3O4/c1-12(2,3)8(9(17)18)15-11(20)16-7-6-14-10(19)13(16,4)5/h8H,6-7H2,1-5H3,(H,14,19)(H,15,20)(H,17,18)/t8-/m0/s1. The normalized spacial score (nSPS) is 20.1. The van der Waals surface area contributed by atoms with E-state index in [1.807, 2.05) is 0 Å². The molecule has 1 rings (SSSR count). The second-order valence-corrected chi connectivity index (χ2v) is 6.55. The van der Waals surface area contributed by atoms with E-state index in [9.17, 15) is 19.5 Å². The molecule has 114 valence electrons. The van der Waals surface area contributed by atoms with E-state index in [1.165, 1.54) is 4.90 Å². The van der Waals surface area contributed by atoms with E-state index in [0.717, 1.165) is 0 Å². The summed E-state index contributed by atoms with van der Waals surface area (Å²) in [5.74, 6) is -1.34. The molecule has 0 aromatic heterocycles. The summed E-state index contributed by atoms with van der Waals surface area (Å²) in [6.07, 6.45) is 0. The number of carbonyl (C=O) groups excluding carboxylic acids is 2. The van der Waals surface area contributed by atoms with Gasteiger partial charge in [0, 0.05) is 13.1 Å². The summed E-state index contributed by atoms with van der Waals surface area (Å²) >= 11 is 0. The molecule has 0 aliphatic carbocycles. The highest BCUT2D eigenvalue weighted by Gasteiger charge is 2.42. The fraction of sp³-hybridized carbons (Fsp3) is 0.769. The molecule has 1 aliphatic heterocycles. The zero-order valence-corrected chi connectivity index (χ0v) is 12.6. The molecular weight excluding hydrogens is 262 g/mol. The number of carboxylic acids is 1. The van der Waals surface area contributed by atoms with Gasteiger partial charge in [0.1, 0.15) is 11.6 Å². The Bertz CT molecular complexity index is 426. The van der Waals surface area contributed by atoms with E-state index in [-0.39, 0.29) is 5.91 Å². The minimum absolute atomic E-state index is 0.249. The smallest absolute Gasteiger partial charge is 0.326 e. The molecule has 0 bridgehead atoms. The van der Waals surface area contributed by atoms with Crippen LogP contribution in [0.2, 0.25) is 0 Å². The Morgan fingerprint density at radius 2 is 1.95 bits per heavy atom. The SMILES string of the molecule is CC(C)(C)[C@@H](NC(=O)N1CCNC(=O)C1(C)C)C(=O)O. The molecule has 1 saturated heterocycles. The first kappa shape index (κ1) is 16.3. The number of hydrogen-bond donors (Lipinski definition) is 3. The molecule has 1 heterocycles. The van der Waals surface area contributed by atoms with Crippen molar-refractivity contribution in [1.82, 2.24) is 15.5 Å². The molecule has 0 spiro atoms. The number of hydrogen-bond acceptors (Lipinski definition) is 3. The summed E-state index contributed by atoms with van der Waals surface area (Å²) in [5.41, 5.74) is -1.62. The van der Waals surface area contributed by atoms with Crippen LogP contribution in [0, 0.1) is 5.41 Å². The highest BCUT2D eigenvalue weighted by molar-refractivity contribution is 5.92. The van der Waals surface area contributed by atoms with Crippen LogP contribution in [0.25, 0.3) is 0 Å². The Morgan fingerprint density at radius 1 is 1.40 bits per heavy atom. The van der Waals surface area contributed by atoms with Crippen molar-refractivity contribution in [2.45, 2.75) is 46.2 Å². The van der Waals surface area contributed by atoms with Gasteiger partial charge in [0.05, 0.1) is 0 Å². The van der Waals surface area contributed by atoms with Gasteiger partial charge in [0.2, 0.25) is 5.91 Å². The Hall–Kier alpha value is -1.79. The van der Waals surface area contributed by atoms with Crippen molar-refractivity contribution in [3.05, 3.63) is 0 Å². The van der Waals surface area contributed by atoms with Crippen LogP contribution in [-0.2, 0) is 9.59 Å². The van der Waals surface area contributed by atoms with Gasteiger partial charge in [-0.1, -0.05) is 20.8 Å². The lowest BCUT2D eigenvalue weighted by molar-refractivity contribution is -0.142. The molecule has 20 heavy (non-hydrogen) atoms. The fourth-order valence-corrected chi connectivity index (χ4v) is 2.11. The molecule has 0 radical (unpaired) electrons. The molecule has 3 amide bonds. The molecular formula is C13H23N3O4. The van der Waals surface area contributed by atoms with E-state index in [2.05, 4.69) is 10.6 Å². The monoisotopic (exact) mass is 285 g/mol. The Morgan fingerprint density at radius 3 is 2.40 bits per heavy atom. The van der Waals surface area contributed by atoms with Gasteiger partial charge in [0.15, 0.2) is 0 Å². The van der Waals surface area contributed by atoms with Crippen LogP contribution < -0.4 is 10.6 Å².